The Bertz CT molecular complexity index is 420. The first-order chi connectivity index (χ1) is 9.96. The Labute approximate surface area is 156 Å². The highest BCUT2D eigenvalue weighted by Gasteiger charge is 2.15. The van der Waals surface area contributed by atoms with Gasteiger partial charge in [-0.15, -0.1) is 24.0 Å². The van der Waals surface area contributed by atoms with Crippen LogP contribution in [0.5, 0.6) is 0 Å². The molecule has 1 aromatic heterocycles. The Morgan fingerprint density at radius 2 is 2.14 bits per heavy atom. The molecule has 22 heavy (non-hydrogen) atoms. The van der Waals surface area contributed by atoms with Crippen LogP contribution in [0.4, 0.5) is 0 Å². The van der Waals surface area contributed by atoms with Gasteiger partial charge in [-0.1, -0.05) is 6.92 Å². The lowest BCUT2D eigenvalue weighted by atomic mass is 10.2. The topological polar surface area (TPSA) is 54.2 Å². The van der Waals surface area contributed by atoms with Gasteiger partial charge in [0, 0.05) is 36.8 Å². The van der Waals surface area contributed by atoms with Crippen molar-refractivity contribution in [2.45, 2.75) is 39.0 Å². The number of nitrogens with zero attached hydrogens (tertiary/aromatic N) is 3. The molecule has 0 bridgehead atoms. The fraction of sp³-hybridized carbons (Fsp3) is 0.733. The quantitative estimate of drug-likeness (QED) is 0.372. The molecule has 2 N–H and O–H groups in total. The van der Waals surface area contributed by atoms with Gasteiger partial charge in [-0.3, -0.25) is 9.67 Å². The second kappa shape index (κ2) is 11.2. The summed E-state index contributed by atoms with van der Waals surface area (Å²) in [5.74, 6) is 1.38. The van der Waals surface area contributed by atoms with Crippen molar-refractivity contribution < 1.29 is 0 Å². The van der Waals surface area contributed by atoms with Crippen molar-refractivity contribution in [3.05, 3.63) is 18.5 Å². The zero-order valence-electron chi connectivity index (χ0n) is 14.3. The largest absolute Gasteiger partial charge is 0.357 e. The smallest absolute Gasteiger partial charge is 0.191 e. The van der Waals surface area contributed by atoms with E-state index in [1.165, 1.54) is 0 Å². The molecule has 0 aliphatic heterocycles. The SMILES string of the molecule is CCNC(=NCC(C)(C)SC)NCC(C)Cn1cccn1.I. The summed E-state index contributed by atoms with van der Waals surface area (Å²) in [5.41, 5.74) is 0. The van der Waals surface area contributed by atoms with Gasteiger partial charge < -0.3 is 10.6 Å². The lowest BCUT2D eigenvalue weighted by Crippen LogP contribution is -2.41. The first kappa shape index (κ1) is 21.6. The number of hydrogen-bond acceptors (Lipinski definition) is 3. The number of aliphatic imine (C=N–C) groups is 1. The summed E-state index contributed by atoms with van der Waals surface area (Å²) in [6.45, 7) is 12.2. The van der Waals surface area contributed by atoms with Gasteiger partial charge in [0.15, 0.2) is 5.96 Å². The van der Waals surface area contributed by atoms with Crippen LogP contribution in [-0.2, 0) is 6.54 Å². The van der Waals surface area contributed by atoms with Crippen molar-refractivity contribution in [2.75, 3.05) is 25.9 Å². The zero-order valence-corrected chi connectivity index (χ0v) is 17.4. The average Bonchev–Trinajstić information content (AvgIpc) is 2.95. The zero-order chi connectivity index (χ0) is 15.7. The highest BCUT2D eigenvalue weighted by Crippen LogP contribution is 2.20. The number of guanidine groups is 1. The van der Waals surface area contributed by atoms with Crippen LogP contribution in [0.3, 0.4) is 0 Å². The first-order valence-corrected chi connectivity index (χ1v) is 8.74. The molecule has 5 nitrogen and oxygen atoms in total. The molecule has 0 aliphatic carbocycles. The molecule has 0 amide bonds. The second-order valence-electron chi connectivity index (χ2n) is 5.87. The summed E-state index contributed by atoms with van der Waals surface area (Å²) in [4.78, 5) is 4.68. The molecule has 1 heterocycles. The van der Waals surface area contributed by atoms with Gasteiger partial charge in [0.1, 0.15) is 0 Å². The van der Waals surface area contributed by atoms with E-state index in [1.54, 1.807) is 0 Å². The van der Waals surface area contributed by atoms with Crippen LogP contribution in [0.1, 0.15) is 27.7 Å². The first-order valence-electron chi connectivity index (χ1n) is 7.51. The number of rotatable bonds is 8. The fourth-order valence-electron chi connectivity index (χ4n) is 1.74. The molecule has 1 atom stereocenters. The van der Waals surface area contributed by atoms with E-state index in [0.717, 1.165) is 32.1 Å². The van der Waals surface area contributed by atoms with E-state index in [-0.39, 0.29) is 28.7 Å². The number of thioether (sulfide) groups is 1. The number of hydrogen-bond donors (Lipinski definition) is 2. The van der Waals surface area contributed by atoms with Crippen LogP contribution in [0, 0.1) is 5.92 Å². The van der Waals surface area contributed by atoms with Crippen LogP contribution >= 0.6 is 35.7 Å². The molecule has 0 saturated heterocycles. The maximum atomic E-state index is 4.68. The predicted octanol–water partition coefficient (Wildman–Crippen LogP) is 2.83. The minimum absolute atomic E-state index is 0. The Morgan fingerprint density at radius 3 is 2.68 bits per heavy atom. The number of aromatic nitrogens is 2. The van der Waals surface area contributed by atoms with Gasteiger partial charge in [0.05, 0.1) is 6.54 Å². The third kappa shape index (κ3) is 8.87. The second-order valence-corrected chi connectivity index (χ2v) is 7.39. The van der Waals surface area contributed by atoms with Crippen LogP contribution in [0.2, 0.25) is 0 Å². The fourth-order valence-corrected chi connectivity index (χ4v) is 1.93. The number of nitrogens with one attached hydrogen (secondary N) is 2. The van der Waals surface area contributed by atoms with Crippen LogP contribution in [0.25, 0.3) is 0 Å². The van der Waals surface area contributed by atoms with Gasteiger partial charge in [-0.05, 0) is 39.0 Å². The third-order valence-corrected chi connectivity index (χ3v) is 4.42. The molecule has 128 valence electrons. The summed E-state index contributed by atoms with van der Waals surface area (Å²) in [6.07, 6.45) is 5.94. The molecular weight excluding hydrogens is 409 g/mol. The predicted molar refractivity (Wildman–Crippen MR) is 108 cm³/mol. The van der Waals surface area contributed by atoms with E-state index in [1.807, 2.05) is 34.9 Å². The summed E-state index contributed by atoms with van der Waals surface area (Å²) in [7, 11) is 0. The van der Waals surface area contributed by atoms with Gasteiger partial charge in [-0.2, -0.15) is 16.9 Å². The van der Waals surface area contributed by atoms with Crippen LogP contribution in [-0.4, -0.2) is 46.4 Å². The van der Waals surface area contributed by atoms with Gasteiger partial charge in [-0.25, -0.2) is 0 Å². The summed E-state index contributed by atoms with van der Waals surface area (Å²) >= 11 is 1.84. The normalized spacial score (nSPS) is 13.4. The molecule has 0 fully saturated rings. The number of halogens is 1. The molecule has 0 aromatic carbocycles. The highest BCUT2D eigenvalue weighted by molar-refractivity contribution is 14.0. The van der Waals surface area contributed by atoms with Gasteiger partial charge in [0.25, 0.3) is 0 Å². The van der Waals surface area contributed by atoms with Gasteiger partial charge >= 0.3 is 0 Å². The third-order valence-electron chi connectivity index (χ3n) is 3.19. The summed E-state index contributed by atoms with van der Waals surface area (Å²) < 4.78 is 2.14. The van der Waals surface area contributed by atoms with Gasteiger partial charge in [0.2, 0.25) is 0 Å². The molecule has 7 heteroatoms. The Morgan fingerprint density at radius 1 is 1.41 bits per heavy atom. The summed E-state index contributed by atoms with van der Waals surface area (Å²) in [6, 6.07) is 1.95. The Balaban J connectivity index is 0.00000441. The molecule has 0 saturated carbocycles. The molecule has 0 aliphatic rings. The molecule has 0 radical (unpaired) electrons. The van der Waals surface area contributed by atoms with Crippen molar-refractivity contribution in [1.82, 2.24) is 20.4 Å². The monoisotopic (exact) mass is 439 g/mol. The Kier molecular flexibility index (Phi) is 10.9. The maximum absolute atomic E-state index is 4.68. The summed E-state index contributed by atoms with van der Waals surface area (Å²) in [5, 5.41) is 11.0. The van der Waals surface area contributed by atoms with Crippen molar-refractivity contribution in [1.29, 1.82) is 0 Å². The highest BCUT2D eigenvalue weighted by atomic mass is 127. The molecule has 1 unspecified atom stereocenters. The van der Waals surface area contributed by atoms with Crippen molar-refractivity contribution in [3.8, 4) is 0 Å². The van der Waals surface area contributed by atoms with E-state index < -0.39 is 0 Å². The van der Waals surface area contributed by atoms with Crippen molar-refractivity contribution >= 4 is 41.7 Å². The minimum Gasteiger partial charge on any atom is -0.357 e. The van der Waals surface area contributed by atoms with Crippen LogP contribution < -0.4 is 10.6 Å². The minimum atomic E-state index is 0. The molecule has 1 rings (SSSR count). The van der Waals surface area contributed by atoms with E-state index in [2.05, 4.69) is 54.7 Å². The average molecular weight is 439 g/mol. The van der Waals surface area contributed by atoms with Crippen molar-refractivity contribution in [3.63, 3.8) is 0 Å². The molecule has 0 spiro atoms. The lowest BCUT2D eigenvalue weighted by molar-refractivity contribution is 0.443. The van der Waals surface area contributed by atoms with E-state index in [0.29, 0.717) is 5.92 Å². The van der Waals surface area contributed by atoms with Crippen molar-refractivity contribution in [2.24, 2.45) is 10.9 Å². The Hall–Kier alpha value is -0.440. The van der Waals surface area contributed by atoms with E-state index in [9.17, 15) is 0 Å². The molecular formula is C15H30IN5S. The maximum Gasteiger partial charge on any atom is 0.191 e. The molecule has 1 aromatic rings. The van der Waals surface area contributed by atoms with E-state index in [4.69, 9.17) is 0 Å². The van der Waals surface area contributed by atoms with Crippen LogP contribution in [0.15, 0.2) is 23.5 Å². The van der Waals surface area contributed by atoms with E-state index >= 15 is 0 Å². The standard InChI is InChI=1S/C15H29N5S.HI/c1-6-16-14(18-12-15(3,4)21-5)17-10-13(2)11-20-9-7-8-19-20;/h7-9,13H,6,10-12H2,1-5H3,(H2,16,17,18);1H. The lowest BCUT2D eigenvalue weighted by Gasteiger charge is -2.21.